The second-order valence-electron chi connectivity index (χ2n) is 5.76. The van der Waals surface area contributed by atoms with Crippen molar-refractivity contribution in [3.05, 3.63) is 42.2 Å². The number of nitrogens with zero attached hydrogens (tertiary/aromatic N) is 2. The molecule has 2 aromatic rings. The Morgan fingerprint density at radius 1 is 1.30 bits per heavy atom. The van der Waals surface area contributed by atoms with E-state index < -0.39 is 16.1 Å². The van der Waals surface area contributed by atoms with Gasteiger partial charge in [0.2, 0.25) is 10.0 Å². The molecule has 2 N–H and O–H groups in total. The molecule has 2 rings (SSSR count). The fourth-order valence-electron chi connectivity index (χ4n) is 2.04. The van der Waals surface area contributed by atoms with Crippen LogP contribution in [-0.2, 0) is 10.0 Å². The standard InChI is InChI=1S/C16H23N3O3S/c1-4-13(3)16(20)10-18-23(21,22)15-9-17-19(11-15)14-7-5-12(2)6-8-14/h5-9,11,13,16,18,20H,4,10H2,1-3H3. The van der Waals surface area contributed by atoms with Crippen LogP contribution in [-0.4, -0.2) is 36.0 Å². The number of nitrogens with one attached hydrogen (secondary N) is 1. The lowest BCUT2D eigenvalue weighted by atomic mass is 10.0. The molecule has 0 saturated carbocycles. The number of aryl methyl sites for hydroxylation is 1. The van der Waals surface area contributed by atoms with Gasteiger partial charge >= 0.3 is 0 Å². The van der Waals surface area contributed by atoms with Gasteiger partial charge in [-0.25, -0.2) is 17.8 Å². The maximum Gasteiger partial charge on any atom is 0.243 e. The summed E-state index contributed by atoms with van der Waals surface area (Å²) in [7, 11) is -3.69. The summed E-state index contributed by atoms with van der Waals surface area (Å²) < 4.78 is 28.5. The molecule has 2 unspecified atom stereocenters. The van der Waals surface area contributed by atoms with Crippen molar-refractivity contribution in [3.8, 4) is 5.69 Å². The molecule has 0 aliphatic carbocycles. The SMILES string of the molecule is CCC(C)C(O)CNS(=O)(=O)c1cnn(-c2ccc(C)cc2)c1. The predicted molar refractivity (Wildman–Crippen MR) is 89.0 cm³/mol. The average Bonchev–Trinajstić information content (AvgIpc) is 3.03. The largest absolute Gasteiger partial charge is 0.391 e. The van der Waals surface area contributed by atoms with Crippen LogP contribution in [0.25, 0.3) is 5.69 Å². The minimum absolute atomic E-state index is 0.00689. The second kappa shape index (κ2) is 7.25. The number of rotatable bonds is 7. The summed E-state index contributed by atoms with van der Waals surface area (Å²) in [4.78, 5) is 0.0782. The van der Waals surface area contributed by atoms with Crippen molar-refractivity contribution >= 4 is 10.0 Å². The van der Waals surface area contributed by atoms with Crippen LogP contribution >= 0.6 is 0 Å². The number of aliphatic hydroxyl groups excluding tert-OH is 1. The zero-order valence-corrected chi connectivity index (χ0v) is 14.4. The molecule has 0 fully saturated rings. The van der Waals surface area contributed by atoms with Gasteiger partial charge in [0.1, 0.15) is 4.90 Å². The van der Waals surface area contributed by atoms with Gasteiger partial charge < -0.3 is 5.11 Å². The summed E-state index contributed by atoms with van der Waals surface area (Å²) in [5.74, 6) is 0.0352. The molecule has 1 heterocycles. The summed E-state index contributed by atoms with van der Waals surface area (Å²) in [6.45, 7) is 5.81. The highest BCUT2D eigenvalue weighted by Gasteiger charge is 2.20. The first-order valence-electron chi connectivity index (χ1n) is 7.63. The first kappa shape index (κ1) is 17.7. The summed E-state index contributed by atoms with van der Waals surface area (Å²) in [6.07, 6.45) is 2.84. The maximum absolute atomic E-state index is 12.3. The Balaban J connectivity index is 2.11. The van der Waals surface area contributed by atoms with Crippen LogP contribution < -0.4 is 4.72 Å². The van der Waals surface area contributed by atoms with E-state index in [0.717, 1.165) is 17.7 Å². The van der Waals surface area contributed by atoms with Gasteiger partial charge in [-0.15, -0.1) is 0 Å². The van der Waals surface area contributed by atoms with E-state index in [-0.39, 0.29) is 17.4 Å². The third-order valence-electron chi connectivity index (χ3n) is 3.95. The van der Waals surface area contributed by atoms with Crippen molar-refractivity contribution in [2.75, 3.05) is 6.54 Å². The highest BCUT2D eigenvalue weighted by atomic mass is 32.2. The highest BCUT2D eigenvalue weighted by Crippen LogP contribution is 2.14. The fraction of sp³-hybridized carbons (Fsp3) is 0.438. The van der Waals surface area contributed by atoms with E-state index in [1.54, 1.807) is 0 Å². The zero-order valence-electron chi connectivity index (χ0n) is 13.6. The van der Waals surface area contributed by atoms with Gasteiger partial charge in [0.05, 0.1) is 24.2 Å². The molecule has 0 radical (unpaired) electrons. The van der Waals surface area contributed by atoms with E-state index in [2.05, 4.69) is 9.82 Å². The number of hydrogen-bond donors (Lipinski definition) is 2. The van der Waals surface area contributed by atoms with E-state index in [4.69, 9.17) is 0 Å². The zero-order chi connectivity index (χ0) is 17.0. The van der Waals surface area contributed by atoms with E-state index in [9.17, 15) is 13.5 Å². The molecule has 0 aliphatic rings. The molecular weight excluding hydrogens is 314 g/mol. The van der Waals surface area contributed by atoms with Gasteiger partial charge in [-0.2, -0.15) is 5.10 Å². The number of hydrogen-bond acceptors (Lipinski definition) is 4. The number of benzene rings is 1. The van der Waals surface area contributed by atoms with Crippen molar-refractivity contribution in [1.82, 2.24) is 14.5 Å². The van der Waals surface area contributed by atoms with Gasteiger partial charge in [0.15, 0.2) is 0 Å². The summed E-state index contributed by atoms with van der Waals surface area (Å²) in [5, 5.41) is 14.0. The van der Waals surface area contributed by atoms with Crippen molar-refractivity contribution in [1.29, 1.82) is 0 Å². The Labute approximate surface area is 137 Å². The Bertz CT molecular complexity index is 738. The molecule has 126 valence electrons. The van der Waals surface area contributed by atoms with Crippen molar-refractivity contribution in [2.24, 2.45) is 5.92 Å². The van der Waals surface area contributed by atoms with Crippen LogP contribution in [0.4, 0.5) is 0 Å². The van der Waals surface area contributed by atoms with Crippen LogP contribution in [0.2, 0.25) is 0 Å². The van der Waals surface area contributed by atoms with E-state index in [0.29, 0.717) is 0 Å². The number of aromatic nitrogens is 2. The maximum atomic E-state index is 12.3. The smallest absolute Gasteiger partial charge is 0.243 e. The molecule has 23 heavy (non-hydrogen) atoms. The highest BCUT2D eigenvalue weighted by molar-refractivity contribution is 7.89. The molecule has 6 nitrogen and oxygen atoms in total. The molecular formula is C16H23N3O3S. The quantitative estimate of drug-likeness (QED) is 0.808. The lowest BCUT2D eigenvalue weighted by Gasteiger charge is -2.17. The van der Waals surface area contributed by atoms with E-state index in [1.807, 2.05) is 45.0 Å². The third kappa shape index (κ3) is 4.40. The van der Waals surface area contributed by atoms with Crippen LogP contribution in [0.15, 0.2) is 41.6 Å². The van der Waals surface area contributed by atoms with Crippen molar-refractivity contribution in [2.45, 2.75) is 38.2 Å². The van der Waals surface area contributed by atoms with E-state index >= 15 is 0 Å². The molecule has 1 aromatic carbocycles. The molecule has 0 saturated heterocycles. The fourth-order valence-corrected chi connectivity index (χ4v) is 3.02. The molecule has 1 aromatic heterocycles. The molecule has 0 aliphatic heterocycles. The minimum atomic E-state index is -3.69. The lowest BCUT2D eigenvalue weighted by Crippen LogP contribution is -2.35. The Morgan fingerprint density at radius 3 is 2.57 bits per heavy atom. The number of aliphatic hydroxyl groups is 1. The molecule has 2 atom stereocenters. The van der Waals surface area contributed by atoms with E-state index in [1.165, 1.54) is 17.1 Å². The average molecular weight is 337 g/mol. The Kier molecular flexibility index (Phi) is 5.56. The topological polar surface area (TPSA) is 84.2 Å². The van der Waals surface area contributed by atoms with Gasteiger partial charge in [0, 0.05) is 6.54 Å². The number of sulfonamides is 1. The Morgan fingerprint density at radius 2 is 1.96 bits per heavy atom. The third-order valence-corrected chi connectivity index (χ3v) is 5.33. The van der Waals surface area contributed by atoms with Crippen LogP contribution in [0.3, 0.4) is 0 Å². The Hall–Kier alpha value is -1.70. The second-order valence-corrected chi connectivity index (χ2v) is 7.53. The van der Waals surface area contributed by atoms with Crippen LogP contribution in [0, 0.1) is 12.8 Å². The van der Waals surface area contributed by atoms with Gasteiger partial charge in [-0.1, -0.05) is 38.0 Å². The van der Waals surface area contributed by atoms with Crippen LogP contribution in [0.5, 0.6) is 0 Å². The molecule has 0 bridgehead atoms. The first-order chi connectivity index (χ1) is 10.8. The molecule has 0 amide bonds. The van der Waals surface area contributed by atoms with Gasteiger partial charge in [-0.3, -0.25) is 0 Å². The van der Waals surface area contributed by atoms with Crippen molar-refractivity contribution in [3.63, 3.8) is 0 Å². The van der Waals surface area contributed by atoms with Crippen LogP contribution in [0.1, 0.15) is 25.8 Å². The summed E-state index contributed by atoms with van der Waals surface area (Å²) >= 11 is 0. The summed E-state index contributed by atoms with van der Waals surface area (Å²) in [6, 6.07) is 7.62. The molecule has 0 spiro atoms. The first-order valence-corrected chi connectivity index (χ1v) is 9.11. The molecule has 7 heteroatoms. The predicted octanol–water partition coefficient (Wildman–Crippen LogP) is 1.87. The van der Waals surface area contributed by atoms with Gasteiger partial charge in [0.25, 0.3) is 0 Å². The summed E-state index contributed by atoms with van der Waals surface area (Å²) in [5.41, 5.74) is 1.91. The van der Waals surface area contributed by atoms with Gasteiger partial charge in [-0.05, 0) is 25.0 Å². The van der Waals surface area contributed by atoms with Crippen molar-refractivity contribution < 1.29 is 13.5 Å². The minimum Gasteiger partial charge on any atom is -0.391 e. The normalized spacial score (nSPS) is 14.6. The lowest BCUT2D eigenvalue weighted by molar-refractivity contribution is 0.118. The monoisotopic (exact) mass is 337 g/mol.